The molecule has 1 aromatic rings. The molecule has 0 aliphatic carbocycles. The van der Waals surface area contributed by atoms with Gasteiger partial charge in [-0.15, -0.1) is 6.58 Å². The topological polar surface area (TPSA) is 20.2 Å². The highest BCUT2D eigenvalue weighted by atomic mass is 16.3. The second-order valence-corrected chi connectivity index (χ2v) is 3.45. The van der Waals surface area contributed by atoms with Gasteiger partial charge in [0.25, 0.3) is 0 Å². The van der Waals surface area contributed by atoms with Crippen LogP contribution < -0.4 is 0 Å². The first-order chi connectivity index (χ1) is 6.15. The van der Waals surface area contributed by atoms with E-state index in [2.05, 4.69) is 6.58 Å². The molecule has 70 valence electrons. The quantitative estimate of drug-likeness (QED) is 0.702. The van der Waals surface area contributed by atoms with Crippen LogP contribution in [0.4, 0.5) is 0 Å². The van der Waals surface area contributed by atoms with E-state index in [0.29, 0.717) is 0 Å². The van der Waals surface area contributed by atoms with Crippen LogP contribution in [0.1, 0.15) is 24.2 Å². The van der Waals surface area contributed by atoms with Crippen LogP contribution in [-0.2, 0) is 0 Å². The van der Waals surface area contributed by atoms with Crippen molar-refractivity contribution in [3.05, 3.63) is 48.0 Å². The molecule has 0 saturated heterocycles. The SMILES string of the molecule is C=CC(C)[C@H](O)c1ccc(C)cc1. The molecule has 1 aromatic carbocycles. The van der Waals surface area contributed by atoms with Crippen molar-refractivity contribution >= 4 is 0 Å². The molecule has 0 radical (unpaired) electrons. The van der Waals surface area contributed by atoms with E-state index >= 15 is 0 Å². The Labute approximate surface area is 79.7 Å². The van der Waals surface area contributed by atoms with Crippen molar-refractivity contribution in [2.24, 2.45) is 5.92 Å². The molecular formula is C12H16O. The maximum atomic E-state index is 9.81. The highest BCUT2D eigenvalue weighted by molar-refractivity contribution is 5.23. The molecule has 1 rings (SSSR count). The van der Waals surface area contributed by atoms with E-state index in [4.69, 9.17) is 0 Å². The maximum absolute atomic E-state index is 9.81. The minimum Gasteiger partial charge on any atom is -0.388 e. The summed E-state index contributed by atoms with van der Waals surface area (Å²) in [4.78, 5) is 0. The van der Waals surface area contributed by atoms with Crippen molar-refractivity contribution in [2.45, 2.75) is 20.0 Å². The van der Waals surface area contributed by atoms with Gasteiger partial charge in [0, 0.05) is 5.92 Å². The number of aliphatic hydroxyl groups is 1. The van der Waals surface area contributed by atoms with Crippen LogP contribution in [0, 0.1) is 12.8 Å². The second-order valence-electron chi connectivity index (χ2n) is 3.45. The van der Waals surface area contributed by atoms with Gasteiger partial charge in [0.1, 0.15) is 0 Å². The average molecular weight is 176 g/mol. The molecule has 1 nitrogen and oxygen atoms in total. The first-order valence-electron chi connectivity index (χ1n) is 4.52. The van der Waals surface area contributed by atoms with E-state index in [1.165, 1.54) is 5.56 Å². The summed E-state index contributed by atoms with van der Waals surface area (Å²) in [5.74, 6) is 0.0997. The molecule has 2 atom stereocenters. The fourth-order valence-electron chi connectivity index (χ4n) is 1.20. The molecular weight excluding hydrogens is 160 g/mol. The lowest BCUT2D eigenvalue weighted by molar-refractivity contribution is 0.140. The van der Waals surface area contributed by atoms with Crippen LogP contribution in [0.25, 0.3) is 0 Å². The Morgan fingerprint density at radius 2 is 1.85 bits per heavy atom. The van der Waals surface area contributed by atoms with Gasteiger partial charge in [-0.05, 0) is 12.5 Å². The summed E-state index contributed by atoms with van der Waals surface area (Å²) in [5, 5.41) is 9.81. The number of aliphatic hydroxyl groups excluding tert-OH is 1. The van der Waals surface area contributed by atoms with Gasteiger partial charge in [0.2, 0.25) is 0 Å². The zero-order valence-electron chi connectivity index (χ0n) is 8.20. The monoisotopic (exact) mass is 176 g/mol. The molecule has 0 bridgehead atoms. The molecule has 0 spiro atoms. The standard InChI is InChI=1S/C12H16O/c1-4-10(3)12(13)11-7-5-9(2)6-8-11/h4-8,10,12-13H,1H2,2-3H3/t10?,12-/m0/s1. The van der Waals surface area contributed by atoms with Gasteiger partial charge in [-0.2, -0.15) is 0 Å². The van der Waals surface area contributed by atoms with Crippen molar-refractivity contribution in [1.29, 1.82) is 0 Å². The van der Waals surface area contributed by atoms with E-state index in [9.17, 15) is 5.11 Å². The van der Waals surface area contributed by atoms with Crippen LogP contribution in [0.15, 0.2) is 36.9 Å². The minimum atomic E-state index is -0.432. The molecule has 0 aliphatic rings. The highest BCUT2D eigenvalue weighted by Crippen LogP contribution is 2.22. The van der Waals surface area contributed by atoms with Crippen molar-refractivity contribution < 1.29 is 5.11 Å². The molecule has 0 fully saturated rings. The number of hydrogen-bond acceptors (Lipinski definition) is 1. The van der Waals surface area contributed by atoms with E-state index in [1.807, 2.05) is 38.1 Å². The molecule has 0 aromatic heterocycles. The van der Waals surface area contributed by atoms with Crippen LogP contribution in [0.2, 0.25) is 0 Å². The number of benzene rings is 1. The van der Waals surface area contributed by atoms with E-state index in [0.717, 1.165) is 5.56 Å². The smallest absolute Gasteiger partial charge is 0.0849 e. The Morgan fingerprint density at radius 1 is 1.31 bits per heavy atom. The zero-order chi connectivity index (χ0) is 9.84. The van der Waals surface area contributed by atoms with Crippen molar-refractivity contribution in [3.63, 3.8) is 0 Å². The molecule has 0 aliphatic heterocycles. The summed E-state index contributed by atoms with van der Waals surface area (Å²) in [6.07, 6.45) is 1.34. The molecule has 1 N–H and O–H groups in total. The molecule has 13 heavy (non-hydrogen) atoms. The third kappa shape index (κ3) is 2.43. The Hall–Kier alpha value is -1.08. The van der Waals surface area contributed by atoms with Crippen molar-refractivity contribution in [1.82, 2.24) is 0 Å². The predicted molar refractivity (Wildman–Crippen MR) is 55.5 cm³/mol. The number of hydrogen-bond donors (Lipinski definition) is 1. The third-order valence-corrected chi connectivity index (χ3v) is 2.29. The van der Waals surface area contributed by atoms with Gasteiger partial charge in [0.05, 0.1) is 6.10 Å². The second kappa shape index (κ2) is 4.24. The summed E-state index contributed by atoms with van der Waals surface area (Å²) in [5.41, 5.74) is 2.17. The Bertz CT molecular complexity index is 274. The van der Waals surface area contributed by atoms with Gasteiger partial charge in [-0.3, -0.25) is 0 Å². The van der Waals surface area contributed by atoms with Crippen LogP contribution in [0.3, 0.4) is 0 Å². The summed E-state index contributed by atoms with van der Waals surface area (Å²) in [6.45, 7) is 7.66. The van der Waals surface area contributed by atoms with Gasteiger partial charge < -0.3 is 5.11 Å². The van der Waals surface area contributed by atoms with Crippen molar-refractivity contribution in [2.75, 3.05) is 0 Å². The van der Waals surface area contributed by atoms with Gasteiger partial charge >= 0.3 is 0 Å². The predicted octanol–water partition coefficient (Wildman–Crippen LogP) is 2.85. The molecule has 0 amide bonds. The molecule has 1 unspecified atom stereocenters. The zero-order valence-corrected chi connectivity index (χ0v) is 8.20. The first-order valence-corrected chi connectivity index (χ1v) is 4.52. The lowest BCUT2D eigenvalue weighted by atomic mass is 9.97. The number of aryl methyl sites for hydroxylation is 1. The Morgan fingerprint density at radius 3 is 2.31 bits per heavy atom. The average Bonchev–Trinajstić information content (AvgIpc) is 2.17. The van der Waals surface area contributed by atoms with Crippen LogP contribution in [-0.4, -0.2) is 5.11 Å². The van der Waals surface area contributed by atoms with Crippen LogP contribution >= 0.6 is 0 Å². The van der Waals surface area contributed by atoms with Crippen molar-refractivity contribution in [3.8, 4) is 0 Å². The summed E-state index contributed by atoms with van der Waals surface area (Å²) < 4.78 is 0. The fourth-order valence-corrected chi connectivity index (χ4v) is 1.20. The fraction of sp³-hybridized carbons (Fsp3) is 0.333. The third-order valence-electron chi connectivity index (χ3n) is 2.29. The van der Waals surface area contributed by atoms with E-state index in [1.54, 1.807) is 6.08 Å². The van der Waals surface area contributed by atoms with Gasteiger partial charge in [0.15, 0.2) is 0 Å². The van der Waals surface area contributed by atoms with Gasteiger partial charge in [-0.25, -0.2) is 0 Å². The highest BCUT2D eigenvalue weighted by Gasteiger charge is 2.12. The maximum Gasteiger partial charge on any atom is 0.0849 e. The number of rotatable bonds is 3. The summed E-state index contributed by atoms with van der Waals surface area (Å²) in [7, 11) is 0. The normalized spacial score (nSPS) is 15.0. The molecule has 0 saturated carbocycles. The lowest BCUT2D eigenvalue weighted by Gasteiger charge is -2.15. The Kier molecular flexibility index (Phi) is 3.26. The largest absolute Gasteiger partial charge is 0.388 e. The molecule has 0 heterocycles. The summed E-state index contributed by atoms with van der Waals surface area (Å²) >= 11 is 0. The lowest BCUT2D eigenvalue weighted by Crippen LogP contribution is -2.05. The first kappa shape index (κ1) is 10.0. The molecule has 1 heteroatoms. The van der Waals surface area contributed by atoms with E-state index in [-0.39, 0.29) is 5.92 Å². The summed E-state index contributed by atoms with van der Waals surface area (Å²) in [6, 6.07) is 7.93. The van der Waals surface area contributed by atoms with E-state index < -0.39 is 6.10 Å². The minimum absolute atomic E-state index is 0.0997. The Balaban J connectivity index is 2.82. The van der Waals surface area contributed by atoms with Gasteiger partial charge in [-0.1, -0.05) is 42.8 Å². The van der Waals surface area contributed by atoms with Crippen LogP contribution in [0.5, 0.6) is 0 Å².